The maximum Gasteiger partial charge on any atom is 0.269 e. The van der Waals surface area contributed by atoms with Crippen LogP contribution in [0.5, 0.6) is 5.75 Å². The van der Waals surface area contributed by atoms with Crippen molar-refractivity contribution in [3.05, 3.63) is 71.4 Å². The number of nitrogens with zero attached hydrogens (tertiary/aromatic N) is 1. The first-order valence-electron chi connectivity index (χ1n) is 9.72. The monoisotopic (exact) mass is 406 g/mol. The maximum absolute atomic E-state index is 12.7. The van der Waals surface area contributed by atoms with Crippen LogP contribution in [-0.4, -0.2) is 37.2 Å². The van der Waals surface area contributed by atoms with Crippen LogP contribution in [0.2, 0.25) is 0 Å². The molecule has 156 valence electrons. The summed E-state index contributed by atoms with van der Waals surface area (Å²) < 4.78 is 5.69. The van der Waals surface area contributed by atoms with Gasteiger partial charge >= 0.3 is 0 Å². The zero-order valence-corrected chi connectivity index (χ0v) is 17.4. The van der Waals surface area contributed by atoms with Crippen LogP contribution < -0.4 is 20.3 Å². The van der Waals surface area contributed by atoms with E-state index in [2.05, 4.69) is 10.6 Å². The molecule has 0 saturated carbocycles. The van der Waals surface area contributed by atoms with Crippen molar-refractivity contribution in [3.8, 4) is 5.75 Å². The fourth-order valence-electron chi connectivity index (χ4n) is 3.17. The molecule has 0 bridgehead atoms. The summed E-state index contributed by atoms with van der Waals surface area (Å²) in [5.74, 6) is -0.343. The Bertz CT molecular complexity index is 999. The Morgan fingerprint density at radius 1 is 1.23 bits per heavy atom. The second kappa shape index (κ2) is 9.26. The number of nitrogens with one attached hydrogen (secondary N) is 3. The first-order chi connectivity index (χ1) is 14.4. The smallest absolute Gasteiger partial charge is 0.269 e. The van der Waals surface area contributed by atoms with Crippen molar-refractivity contribution in [2.45, 2.75) is 26.4 Å². The highest BCUT2D eigenvalue weighted by Gasteiger charge is 2.30. The second-order valence-electron chi connectivity index (χ2n) is 7.22. The van der Waals surface area contributed by atoms with Gasteiger partial charge in [0.1, 0.15) is 24.1 Å². The molecule has 1 aliphatic rings. The second-order valence-corrected chi connectivity index (χ2v) is 7.22. The van der Waals surface area contributed by atoms with Gasteiger partial charge in [0.25, 0.3) is 11.8 Å². The number of rotatable bonds is 6. The third kappa shape index (κ3) is 4.86. The highest BCUT2D eigenvalue weighted by molar-refractivity contribution is 6.42. The van der Waals surface area contributed by atoms with E-state index in [0.717, 1.165) is 5.56 Å². The number of allylic oxidation sites excluding steroid dienone is 1. The van der Waals surface area contributed by atoms with Crippen molar-refractivity contribution in [3.63, 3.8) is 0 Å². The number of hydrogen-bond donors (Lipinski definition) is 3. The number of carbonyl (C=O) groups is 2. The molecule has 0 aromatic heterocycles. The number of hydrogen-bond acceptors (Lipinski definition) is 5. The minimum atomic E-state index is -0.871. The van der Waals surface area contributed by atoms with Gasteiger partial charge in [-0.25, -0.2) is 0 Å². The van der Waals surface area contributed by atoms with E-state index in [4.69, 9.17) is 10.1 Å². The number of aryl methyl sites for hydroxylation is 1. The van der Waals surface area contributed by atoms with Crippen molar-refractivity contribution >= 4 is 23.2 Å². The van der Waals surface area contributed by atoms with Gasteiger partial charge < -0.3 is 20.3 Å². The largest absolute Gasteiger partial charge is 0.489 e. The Balaban J connectivity index is 1.60. The quantitative estimate of drug-likeness (QED) is 0.643. The van der Waals surface area contributed by atoms with Gasteiger partial charge in [-0.1, -0.05) is 36.4 Å². The maximum atomic E-state index is 12.7. The van der Waals surface area contributed by atoms with Crippen LogP contribution >= 0.6 is 0 Å². The minimum Gasteiger partial charge on any atom is -0.489 e. The molecular formula is C23H26N4O3. The Morgan fingerprint density at radius 3 is 2.70 bits per heavy atom. The van der Waals surface area contributed by atoms with Crippen molar-refractivity contribution in [1.82, 2.24) is 10.6 Å². The standard InChI is InChI=1S/C23H26N4O3/c1-15-8-4-5-9-17(15)13-25-16(2)12-18(24)22(28)26-19-14-30-21-11-7-6-10-20(21)27(3)23(19)29/h4-12,19,24-25H,13-14H2,1-3H3,(H,26,28)/b16-12-,24-18?/t19-/m0/s1. The van der Waals surface area contributed by atoms with Gasteiger partial charge in [0.05, 0.1) is 5.69 Å². The third-order valence-electron chi connectivity index (χ3n) is 4.99. The molecule has 0 spiro atoms. The Labute approximate surface area is 176 Å². The molecule has 30 heavy (non-hydrogen) atoms. The van der Waals surface area contributed by atoms with Gasteiger partial charge in [0.2, 0.25) is 0 Å². The third-order valence-corrected chi connectivity index (χ3v) is 4.99. The summed E-state index contributed by atoms with van der Waals surface area (Å²) in [5.41, 5.74) is 3.41. The average molecular weight is 406 g/mol. The fraction of sp³-hybridized carbons (Fsp3) is 0.261. The molecule has 0 saturated heterocycles. The zero-order chi connectivity index (χ0) is 21.7. The molecule has 3 rings (SSSR count). The number of fused-ring (bicyclic) bond motifs is 1. The van der Waals surface area contributed by atoms with E-state index in [0.29, 0.717) is 23.7 Å². The summed E-state index contributed by atoms with van der Waals surface area (Å²) in [7, 11) is 1.64. The van der Waals surface area contributed by atoms with Crippen molar-refractivity contribution in [2.75, 3.05) is 18.6 Å². The molecule has 0 fully saturated rings. The number of amides is 2. The van der Waals surface area contributed by atoms with Gasteiger partial charge in [0.15, 0.2) is 0 Å². The first-order valence-corrected chi connectivity index (χ1v) is 9.72. The normalized spacial score (nSPS) is 16.2. The molecule has 1 aliphatic heterocycles. The SMILES string of the molecule is C/C(=C/C(=N)C(=O)N[C@H]1COc2ccccc2N(C)C1=O)NCc1ccccc1C. The van der Waals surface area contributed by atoms with Gasteiger partial charge in [-0.2, -0.15) is 0 Å². The molecule has 7 nitrogen and oxygen atoms in total. The van der Waals surface area contributed by atoms with E-state index < -0.39 is 11.9 Å². The number of anilines is 1. The van der Waals surface area contributed by atoms with Gasteiger partial charge in [-0.15, -0.1) is 0 Å². The molecule has 0 unspecified atom stereocenters. The van der Waals surface area contributed by atoms with Crippen molar-refractivity contribution in [2.24, 2.45) is 0 Å². The molecule has 3 N–H and O–H groups in total. The summed E-state index contributed by atoms with van der Waals surface area (Å²) in [6.07, 6.45) is 1.45. The number of para-hydroxylation sites is 2. The van der Waals surface area contributed by atoms with E-state index in [1.165, 1.54) is 16.5 Å². The van der Waals surface area contributed by atoms with Crippen molar-refractivity contribution < 1.29 is 14.3 Å². The molecule has 2 amide bonds. The van der Waals surface area contributed by atoms with Gasteiger partial charge in [0, 0.05) is 19.3 Å². The van der Waals surface area contributed by atoms with E-state index >= 15 is 0 Å². The highest BCUT2D eigenvalue weighted by atomic mass is 16.5. The van der Waals surface area contributed by atoms with Crippen LogP contribution in [0.1, 0.15) is 18.1 Å². The van der Waals surface area contributed by atoms with Crippen LogP contribution in [0.3, 0.4) is 0 Å². The lowest BCUT2D eigenvalue weighted by Crippen LogP contribution is -2.50. The molecule has 7 heteroatoms. The number of ether oxygens (including phenoxy) is 1. The molecule has 2 aromatic rings. The van der Waals surface area contributed by atoms with Gasteiger partial charge in [-0.05, 0) is 43.2 Å². The van der Waals surface area contributed by atoms with E-state index in [1.54, 1.807) is 26.1 Å². The van der Waals surface area contributed by atoms with E-state index in [-0.39, 0.29) is 18.2 Å². The summed E-state index contributed by atoms with van der Waals surface area (Å²) in [6, 6.07) is 14.3. The van der Waals surface area contributed by atoms with E-state index in [1.807, 2.05) is 43.3 Å². The predicted molar refractivity (Wildman–Crippen MR) is 117 cm³/mol. The van der Waals surface area contributed by atoms with Gasteiger partial charge in [-0.3, -0.25) is 15.0 Å². The Kier molecular flexibility index (Phi) is 6.51. The molecule has 0 aliphatic carbocycles. The van der Waals surface area contributed by atoms with E-state index in [9.17, 15) is 9.59 Å². The highest BCUT2D eigenvalue weighted by Crippen LogP contribution is 2.29. The van der Waals surface area contributed by atoms with Crippen LogP contribution in [-0.2, 0) is 16.1 Å². The number of carbonyl (C=O) groups excluding carboxylic acids is 2. The van der Waals surface area contributed by atoms with Crippen LogP contribution in [0.4, 0.5) is 5.69 Å². The summed E-state index contributed by atoms with van der Waals surface area (Å²) in [6.45, 7) is 4.44. The van der Waals surface area contributed by atoms with Crippen LogP contribution in [0.25, 0.3) is 0 Å². The molecule has 1 heterocycles. The first kappa shape index (κ1) is 21.1. The van der Waals surface area contributed by atoms with Crippen LogP contribution in [0, 0.1) is 12.3 Å². The molecule has 0 radical (unpaired) electrons. The number of likely N-dealkylation sites (N-methyl/N-ethyl adjacent to an activating group) is 1. The van der Waals surface area contributed by atoms with Crippen molar-refractivity contribution in [1.29, 1.82) is 5.41 Å². The molecule has 2 aromatic carbocycles. The zero-order valence-electron chi connectivity index (χ0n) is 17.4. The Morgan fingerprint density at radius 2 is 1.93 bits per heavy atom. The fourth-order valence-corrected chi connectivity index (χ4v) is 3.17. The Hall–Kier alpha value is -3.61. The molecular weight excluding hydrogens is 380 g/mol. The lowest BCUT2D eigenvalue weighted by Gasteiger charge is -2.20. The summed E-state index contributed by atoms with van der Waals surface area (Å²) in [5, 5.41) is 13.9. The summed E-state index contributed by atoms with van der Waals surface area (Å²) in [4.78, 5) is 26.7. The molecule has 1 atom stereocenters. The minimum absolute atomic E-state index is 0.00738. The number of benzene rings is 2. The topological polar surface area (TPSA) is 94.5 Å². The predicted octanol–water partition coefficient (Wildman–Crippen LogP) is 2.55. The lowest BCUT2D eigenvalue weighted by atomic mass is 10.1. The summed E-state index contributed by atoms with van der Waals surface area (Å²) >= 11 is 0. The average Bonchev–Trinajstić information content (AvgIpc) is 2.85. The van der Waals surface area contributed by atoms with Crippen LogP contribution in [0.15, 0.2) is 60.3 Å². The lowest BCUT2D eigenvalue weighted by molar-refractivity contribution is -0.124.